The van der Waals surface area contributed by atoms with Gasteiger partial charge in [-0.1, -0.05) is 0 Å². The number of nitrogens with zero attached hydrogens (tertiary/aromatic N) is 5. The Morgan fingerprint density at radius 2 is 2.19 bits per heavy atom. The van der Waals surface area contributed by atoms with Gasteiger partial charge in [-0.05, 0) is 51.3 Å². The molecule has 1 aliphatic heterocycles. The molecular formula is C19H21N5O2. The van der Waals surface area contributed by atoms with E-state index in [1.54, 1.807) is 29.4 Å². The van der Waals surface area contributed by atoms with Crippen molar-refractivity contribution in [3.05, 3.63) is 48.1 Å². The number of carbonyl (C=O) groups is 1. The van der Waals surface area contributed by atoms with Gasteiger partial charge in [-0.2, -0.15) is 5.10 Å². The molecule has 0 saturated carbocycles. The molecule has 3 aromatic heterocycles. The highest BCUT2D eigenvalue weighted by Gasteiger charge is 2.27. The van der Waals surface area contributed by atoms with E-state index in [0.29, 0.717) is 23.0 Å². The van der Waals surface area contributed by atoms with Crippen molar-refractivity contribution >= 4 is 5.91 Å². The molecule has 26 heavy (non-hydrogen) atoms. The van der Waals surface area contributed by atoms with Crippen molar-refractivity contribution in [3.63, 3.8) is 0 Å². The van der Waals surface area contributed by atoms with Crippen LogP contribution in [0.5, 0.6) is 0 Å². The summed E-state index contributed by atoms with van der Waals surface area (Å²) in [6.07, 6.45) is 8.16. The third-order valence-corrected chi connectivity index (χ3v) is 4.91. The summed E-state index contributed by atoms with van der Waals surface area (Å²) in [5, 5.41) is 4.36. The van der Waals surface area contributed by atoms with Crippen LogP contribution < -0.4 is 0 Å². The molecule has 7 nitrogen and oxygen atoms in total. The van der Waals surface area contributed by atoms with E-state index in [0.717, 1.165) is 25.1 Å². The molecule has 0 unspecified atom stereocenters. The Morgan fingerprint density at radius 3 is 2.96 bits per heavy atom. The molecule has 1 aliphatic rings. The van der Waals surface area contributed by atoms with Crippen molar-refractivity contribution in [1.82, 2.24) is 24.6 Å². The first-order chi connectivity index (χ1) is 12.6. The van der Waals surface area contributed by atoms with Crippen LogP contribution in [0.15, 0.2) is 41.3 Å². The van der Waals surface area contributed by atoms with Gasteiger partial charge in [0, 0.05) is 18.8 Å². The number of hydrogen-bond acceptors (Lipinski definition) is 5. The predicted molar refractivity (Wildman–Crippen MR) is 95.9 cm³/mol. The Balaban J connectivity index is 1.65. The van der Waals surface area contributed by atoms with Crippen molar-refractivity contribution in [1.29, 1.82) is 0 Å². The second-order valence-corrected chi connectivity index (χ2v) is 6.62. The van der Waals surface area contributed by atoms with Crippen LogP contribution in [0, 0.1) is 6.92 Å². The second kappa shape index (κ2) is 6.74. The minimum Gasteiger partial charge on any atom is -0.463 e. The fourth-order valence-corrected chi connectivity index (χ4v) is 3.39. The zero-order valence-corrected chi connectivity index (χ0v) is 14.9. The molecule has 1 saturated heterocycles. The van der Waals surface area contributed by atoms with E-state index in [1.807, 2.05) is 24.0 Å². The standard InChI is InChI=1S/C19H21N5O2/c1-13-6-3-4-10-23(13)18(25)15-12-21-24(14(15)2)19-20-9-8-16(22-19)17-7-5-11-26-17/h5,7-9,11-13H,3-4,6,10H2,1-2H3/t13-/m0/s1. The number of hydrogen-bond donors (Lipinski definition) is 0. The zero-order valence-electron chi connectivity index (χ0n) is 14.9. The fraction of sp³-hybridized carbons (Fsp3) is 0.368. The lowest BCUT2D eigenvalue weighted by Crippen LogP contribution is -2.42. The van der Waals surface area contributed by atoms with Crippen LogP contribution in [0.1, 0.15) is 42.2 Å². The highest BCUT2D eigenvalue weighted by atomic mass is 16.3. The summed E-state index contributed by atoms with van der Waals surface area (Å²) in [7, 11) is 0. The monoisotopic (exact) mass is 351 g/mol. The number of likely N-dealkylation sites (tertiary alicyclic amines) is 1. The summed E-state index contributed by atoms with van der Waals surface area (Å²) in [5.74, 6) is 1.11. The molecule has 134 valence electrons. The first-order valence-electron chi connectivity index (χ1n) is 8.88. The van der Waals surface area contributed by atoms with E-state index in [1.165, 1.54) is 6.42 Å². The minimum atomic E-state index is 0.0307. The highest BCUT2D eigenvalue weighted by molar-refractivity contribution is 5.95. The van der Waals surface area contributed by atoms with E-state index in [-0.39, 0.29) is 11.9 Å². The molecule has 0 N–H and O–H groups in total. The van der Waals surface area contributed by atoms with E-state index >= 15 is 0 Å². The van der Waals surface area contributed by atoms with Gasteiger partial charge in [-0.25, -0.2) is 14.6 Å². The van der Waals surface area contributed by atoms with Gasteiger partial charge in [0.1, 0.15) is 5.69 Å². The molecule has 7 heteroatoms. The predicted octanol–water partition coefficient (Wildman–Crippen LogP) is 3.25. The smallest absolute Gasteiger partial charge is 0.257 e. The SMILES string of the molecule is Cc1c(C(=O)N2CCCC[C@@H]2C)cnn1-c1nccc(-c2ccco2)n1. The van der Waals surface area contributed by atoms with Crippen LogP contribution in [0.4, 0.5) is 0 Å². The Bertz CT molecular complexity index is 916. The van der Waals surface area contributed by atoms with Gasteiger partial charge in [0.25, 0.3) is 11.9 Å². The molecular weight excluding hydrogens is 330 g/mol. The number of furan rings is 1. The number of piperidine rings is 1. The lowest BCUT2D eigenvalue weighted by atomic mass is 10.0. The Morgan fingerprint density at radius 1 is 1.31 bits per heavy atom. The largest absolute Gasteiger partial charge is 0.463 e. The molecule has 0 spiro atoms. The molecule has 1 amide bonds. The average molecular weight is 351 g/mol. The van der Waals surface area contributed by atoms with Crippen molar-refractivity contribution in [2.45, 2.75) is 39.2 Å². The maximum absolute atomic E-state index is 12.9. The van der Waals surface area contributed by atoms with Crippen LogP contribution in [0.3, 0.4) is 0 Å². The molecule has 0 aliphatic carbocycles. The molecule has 1 atom stereocenters. The molecule has 0 aromatic carbocycles. The van der Waals surface area contributed by atoms with Crippen LogP contribution in [0.2, 0.25) is 0 Å². The Hall–Kier alpha value is -2.96. The van der Waals surface area contributed by atoms with Gasteiger partial charge in [0.2, 0.25) is 0 Å². The summed E-state index contributed by atoms with van der Waals surface area (Å²) in [4.78, 5) is 23.7. The van der Waals surface area contributed by atoms with Gasteiger partial charge < -0.3 is 9.32 Å². The van der Waals surface area contributed by atoms with E-state index in [2.05, 4.69) is 22.0 Å². The molecule has 0 radical (unpaired) electrons. The molecule has 1 fully saturated rings. The minimum absolute atomic E-state index is 0.0307. The quantitative estimate of drug-likeness (QED) is 0.724. The molecule has 3 aromatic rings. The molecule has 0 bridgehead atoms. The van der Waals surface area contributed by atoms with Gasteiger partial charge in [-0.15, -0.1) is 0 Å². The number of carbonyl (C=O) groups excluding carboxylic acids is 1. The third kappa shape index (κ3) is 2.89. The van der Waals surface area contributed by atoms with E-state index < -0.39 is 0 Å². The third-order valence-electron chi connectivity index (χ3n) is 4.91. The van der Waals surface area contributed by atoms with Crippen LogP contribution >= 0.6 is 0 Å². The summed E-state index contributed by atoms with van der Waals surface area (Å²) in [6, 6.07) is 5.70. The van der Waals surface area contributed by atoms with Gasteiger partial charge in [-0.3, -0.25) is 4.79 Å². The first-order valence-corrected chi connectivity index (χ1v) is 8.88. The Kier molecular flexibility index (Phi) is 4.28. The van der Waals surface area contributed by atoms with Crippen molar-refractivity contribution < 1.29 is 9.21 Å². The van der Waals surface area contributed by atoms with Crippen molar-refractivity contribution in [2.75, 3.05) is 6.54 Å². The maximum atomic E-state index is 12.9. The lowest BCUT2D eigenvalue weighted by molar-refractivity contribution is 0.0635. The summed E-state index contributed by atoms with van der Waals surface area (Å²) >= 11 is 0. The van der Waals surface area contributed by atoms with Crippen LogP contribution in [-0.2, 0) is 0 Å². The lowest BCUT2D eigenvalue weighted by Gasteiger charge is -2.33. The average Bonchev–Trinajstić information content (AvgIpc) is 3.32. The number of amides is 1. The van der Waals surface area contributed by atoms with Gasteiger partial charge in [0.05, 0.1) is 23.7 Å². The molecule has 4 heterocycles. The van der Waals surface area contributed by atoms with E-state index in [4.69, 9.17) is 4.42 Å². The molecule has 4 rings (SSSR count). The fourth-order valence-electron chi connectivity index (χ4n) is 3.39. The highest BCUT2D eigenvalue weighted by Crippen LogP contribution is 2.22. The van der Waals surface area contributed by atoms with E-state index in [9.17, 15) is 4.79 Å². The number of aromatic nitrogens is 4. The Labute approximate surface area is 151 Å². The van der Waals surface area contributed by atoms with Gasteiger partial charge in [0.15, 0.2) is 5.76 Å². The van der Waals surface area contributed by atoms with Gasteiger partial charge >= 0.3 is 0 Å². The normalized spacial score (nSPS) is 17.5. The summed E-state index contributed by atoms with van der Waals surface area (Å²) in [5.41, 5.74) is 2.02. The van der Waals surface area contributed by atoms with Crippen molar-refractivity contribution in [3.8, 4) is 17.4 Å². The topological polar surface area (TPSA) is 77.0 Å². The second-order valence-electron chi connectivity index (χ2n) is 6.62. The zero-order chi connectivity index (χ0) is 18.1. The number of rotatable bonds is 3. The van der Waals surface area contributed by atoms with Crippen LogP contribution in [0.25, 0.3) is 17.4 Å². The summed E-state index contributed by atoms with van der Waals surface area (Å²) in [6.45, 7) is 4.78. The first kappa shape index (κ1) is 16.5. The van der Waals surface area contributed by atoms with Crippen LogP contribution in [-0.4, -0.2) is 43.1 Å². The summed E-state index contributed by atoms with van der Waals surface area (Å²) < 4.78 is 7.00. The van der Waals surface area contributed by atoms with Crippen molar-refractivity contribution in [2.24, 2.45) is 0 Å². The maximum Gasteiger partial charge on any atom is 0.257 e.